The molecule has 0 radical (unpaired) electrons. The standard InChI is InChI=1S/C22H19NO2S/c1-17-11-13-20(14-12-17)26(24,25)23-16-19-9-5-6-10-21(19)22(23)15-18-7-3-2-4-8-18/h2-15H,16H2,1H3/b22-15-. The van der Waals surface area contributed by atoms with Gasteiger partial charge in [-0.3, -0.25) is 4.31 Å². The zero-order chi connectivity index (χ0) is 18.1. The zero-order valence-corrected chi connectivity index (χ0v) is 15.3. The van der Waals surface area contributed by atoms with Crippen molar-refractivity contribution in [3.05, 3.63) is 101 Å². The Morgan fingerprint density at radius 2 is 1.50 bits per heavy atom. The summed E-state index contributed by atoms with van der Waals surface area (Å²) in [6.45, 7) is 2.30. The lowest BCUT2D eigenvalue weighted by molar-refractivity contribution is 0.519. The lowest BCUT2D eigenvalue weighted by atomic mass is 10.1. The molecule has 3 aromatic rings. The van der Waals surface area contributed by atoms with E-state index in [-0.39, 0.29) is 0 Å². The van der Waals surface area contributed by atoms with Crippen LogP contribution in [0.4, 0.5) is 0 Å². The predicted octanol–water partition coefficient (Wildman–Crippen LogP) is 4.70. The molecule has 1 heterocycles. The van der Waals surface area contributed by atoms with Gasteiger partial charge in [0, 0.05) is 5.56 Å². The van der Waals surface area contributed by atoms with Crippen LogP contribution in [0.1, 0.15) is 22.3 Å². The van der Waals surface area contributed by atoms with E-state index < -0.39 is 10.0 Å². The average Bonchev–Trinajstić information content (AvgIpc) is 3.02. The number of sulfonamides is 1. The maximum Gasteiger partial charge on any atom is 0.264 e. The van der Waals surface area contributed by atoms with Crippen molar-refractivity contribution < 1.29 is 8.42 Å². The Morgan fingerprint density at radius 3 is 2.23 bits per heavy atom. The van der Waals surface area contributed by atoms with Gasteiger partial charge >= 0.3 is 0 Å². The molecule has 0 saturated carbocycles. The van der Waals surface area contributed by atoms with E-state index in [0.29, 0.717) is 17.1 Å². The topological polar surface area (TPSA) is 37.4 Å². The van der Waals surface area contributed by atoms with Crippen LogP contribution in [0.2, 0.25) is 0 Å². The second-order valence-electron chi connectivity index (χ2n) is 6.42. The molecule has 0 fully saturated rings. The van der Waals surface area contributed by atoms with Crippen LogP contribution in [0.25, 0.3) is 11.8 Å². The number of rotatable bonds is 3. The van der Waals surface area contributed by atoms with Gasteiger partial charge in [-0.25, -0.2) is 8.42 Å². The van der Waals surface area contributed by atoms with Crippen LogP contribution in [0.3, 0.4) is 0 Å². The molecular weight excluding hydrogens is 342 g/mol. The van der Waals surface area contributed by atoms with E-state index in [1.807, 2.05) is 79.7 Å². The number of fused-ring (bicyclic) bond motifs is 1. The van der Waals surface area contributed by atoms with Gasteiger partial charge in [0.2, 0.25) is 0 Å². The Balaban J connectivity index is 1.85. The number of hydrogen-bond acceptors (Lipinski definition) is 2. The van der Waals surface area contributed by atoms with Gasteiger partial charge in [-0.05, 0) is 36.3 Å². The third-order valence-corrected chi connectivity index (χ3v) is 6.36. The molecule has 3 nitrogen and oxygen atoms in total. The Labute approximate surface area is 154 Å². The smallest absolute Gasteiger partial charge is 0.261 e. The van der Waals surface area contributed by atoms with Crippen LogP contribution in [0.15, 0.2) is 83.8 Å². The minimum Gasteiger partial charge on any atom is -0.261 e. The maximum absolute atomic E-state index is 13.3. The molecule has 1 aliphatic heterocycles. The summed E-state index contributed by atoms with van der Waals surface area (Å²) in [5.41, 5.74) is 4.71. The normalized spacial score (nSPS) is 15.3. The van der Waals surface area contributed by atoms with Gasteiger partial charge in [0.15, 0.2) is 0 Å². The minimum atomic E-state index is -3.63. The highest BCUT2D eigenvalue weighted by Crippen LogP contribution is 2.38. The lowest BCUT2D eigenvalue weighted by Gasteiger charge is -2.21. The largest absolute Gasteiger partial charge is 0.264 e. The maximum atomic E-state index is 13.3. The number of hydrogen-bond donors (Lipinski definition) is 0. The molecule has 0 atom stereocenters. The summed E-state index contributed by atoms with van der Waals surface area (Å²) >= 11 is 0. The Kier molecular flexibility index (Phi) is 4.13. The Hall–Kier alpha value is -2.85. The van der Waals surface area contributed by atoms with Gasteiger partial charge in [-0.1, -0.05) is 72.3 Å². The molecule has 130 valence electrons. The van der Waals surface area contributed by atoms with Crippen molar-refractivity contribution in [2.75, 3.05) is 0 Å². The molecule has 0 bridgehead atoms. The van der Waals surface area contributed by atoms with Crippen molar-refractivity contribution >= 4 is 21.8 Å². The Morgan fingerprint density at radius 1 is 0.846 bits per heavy atom. The summed E-state index contributed by atoms with van der Waals surface area (Å²) in [4.78, 5) is 0.315. The monoisotopic (exact) mass is 361 g/mol. The SMILES string of the molecule is Cc1ccc(S(=O)(=O)N2Cc3ccccc3/C2=C/c2ccccc2)cc1. The second-order valence-corrected chi connectivity index (χ2v) is 8.28. The van der Waals surface area contributed by atoms with Gasteiger partial charge in [0.05, 0.1) is 17.1 Å². The molecule has 4 rings (SSSR count). The lowest BCUT2D eigenvalue weighted by Crippen LogP contribution is -2.25. The third-order valence-electron chi connectivity index (χ3n) is 4.59. The first-order valence-electron chi connectivity index (χ1n) is 8.50. The van der Waals surface area contributed by atoms with E-state index in [9.17, 15) is 8.42 Å². The zero-order valence-electron chi connectivity index (χ0n) is 14.5. The fourth-order valence-electron chi connectivity index (χ4n) is 3.19. The summed E-state index contributed by atoms with van der Waals surface area (Å²) in [6, 6.07) is 24.7. The first-order valence-corrected chi connectivity index (χ1v) is 9.94. The molecular formula is C22H19NO2S. The van der Waals surface area contributed by atoms with Gasteiger partial charge in [-0.2, -0.15) is 0 Å². The van der Waals surface area contributed by atoms with Crippen LogP contribution < -0.4 is 0 Å². The molecule has 0 spiro atoms. The molecule has 0 aliphatic carbocycles. The average molecular weight is 361 g/mol. The van der Waals surface area contributed by atoms with E-state index in [1.54, 1.807) is 12.1 Å². The molecule has 0 aromatic heterocycles. The molecule has 3 aromatic carbocycles. The van der Waals surface area contributed by atoms with E-state index in [4.69, 9.17) is 0 Å². The van der Waals surface area contributed by atoms with E-state index in [2.05, 4.69) is 0 Å². The van der Waals surface area contributed by atoms with Crippen LogP contribution >= 0.6 is 0 Å². The molecule has 1 aliphatic rings. The molecule has 0 saturated heterocycles. The van der Waals surface area contributed by atoms with Gasteiger partial charge in [-0.15, -0.1) is 0 Å². The van der Waals surface area contributed by atoms with Crippen molar-refractivity contribution in [2.24, 2.45) is 0 Å². The molecule has 26 heavy (non-hydrogen) atoms. The third kappa shape index (κ3) is 2.93. The van der Waals surface area contributed by atoms with Crippen LogP contribution in [0, 0.1) is 6.92 Å². The first-order chi connectivity index (χ1) is 12.6. The summed E-state index contributed by atoms with van der Waals surface area (Å²) in [7, 11) is -3.63. The summed E-state index contributed by atoms with van der Waals surface area (Å²) in [6.07, 6.45) is 1.94. The Bertz CT molecular complexity index is 1070. The molecule has 0 unspecified atom stereocenters. The van der Waals surface area contributed by atoms with E-state index in [0.717, 1.165) is 22.3 Å². The predicted molar refractivity (Wildman–Crippen MR) is 105 cm³/mol. The summed E-state index contributed by atoms with van der Waals surface area (Å²) in [5, 5.41) is 0. The van der Waals surface area contributed by atoms with Gasteiger partial charge in [0.25, 0.3) is 10.0 Å². The van der Waals surface area contributed by atoms with E-state index in [1.165, 1.54) is 4.31 Å². The van der Waals surface area contributed by atoms with E-state index >= 15 is 0 Å². The van der Waals surface area contributed by atoms with Crippen LogP contribution in [0.5, 0.6) is 0 Å². The van der Waals surface area contributed by atoms with Gasteiger partial charge < -0.3 is 0 Å². The van der Waals surface area contributed by atoms with Crippen molar-refractivity contribution in [3.8, 4) is 0 Å². The van der Waals surface area contributed by atoms with Crippen LogP contribution in [-0.4, -0.2) is 12.7 Å². The second kappa shape index (κ2) is 6.46. The highest BCUT2D eigenvalue weighted by molar-refractivity contribution is 7.89. The molecule has 0 amide bonds. The van der Waals surface area contributed by atoms with Crippen molar-refractivity contribution in [2.45, 2.75) is 18.4 Å². The number of benzene rings is 3. The van der Waals surface area contributed by atoms with Crippen molar-refractivity contribution in [1.82, 2.24) is 4.31 Å². The quantitative estimate of drug-likeness (QED) is 0.678. The number of aryl methyl sites for hydroxylation is 1. The van der Waals surface area contributed by atoms with Crippen molar-refractivity contribution in [1.29, 1.82) is 0 Å². The number of nitrogens with zero attached hydrogens (tertiary/aromatic N) is 1. The fourth-order valence-corrected chi connectivity index (χ4v) is 4.64. The van der Waals surface area contributed by atoms with Crippen molar-refractivity contribution in [3.63, 3.8) is 0 Å². The summed E-state index contributed by atoms with van der Waals surface area (Å²) in [5.74, 6) is 0. The minimum absolute atomic E-state index is 0.315. The van der Waals surface area contributed by atoms with Gasteiger partial charge in [0.1, 0.15) is 0 Å². The summed E-state index contributed by atoms with van der Waals surface area (Å²) < 4.78 is 28.1. The first kappa shape index (κ1) is 16.6. The molecule has 0 N–H and O–H groups in total. The molecule has 4 heteroatoms. The van der Waals surface area contributed by atoms with Crippen LogP contribution in [-0.2, 0) is 16.6 Å². The highest BCUT2D eigenvalue weighted by atomic mass is 32.2. The fraction of sp³-hybridized carbons (Fsp3) is 0.0909. The highest BCUT2D eigenvalue weighted by Gasteiger charge is 2.33.